The molecule has 1 radical (unpaired) electrons. The van der Waals surface area contributed by atoms with E-state index in [4.69, 9.17) is 4.74 Å². The lowest BCUT2D eigenvalue weighted by molar-refractivity contribution is -0.155. The molecule has 1 rings (SSSR count). The molecule has 1 aromatic carbocycles. The summed E-state index contributed by atoms with van der Waals surface area (Å²) in [5.41, 5.74) is 2.41. The predicted molar refractivity (Wildman–Crippen MR) is 113 cm³/mol. The van der Waals surface area contributed by atoms with Crippen molar-refractivity contribution >= 4 is 25.1 Å². The van der Waals surface area contributed by atoms with Gasteiger partial charge < -0.3 is 24.6 Å². The Hall–Kier alpha value is -1.86. The van der Waals surface area contributed by atoms with Crippen molar-refractivity contribution < 1.29 is 24.5 Å². The summed E-state index contributed by atoms with van der Waals surface area (Å²) >= 11 is 0. The van der Waals surface area contributed by atoms with E-state index in [0.717, 1.165) is 23.0 Å². The summed E-state index contributed by atoms with van der Waals surface area (Å²) in [6.45, 7) is 8.32. The maximum atomic E-state index is 12.4. The quantitative estimate of drug-likeness (QED) is 0.247. The molecule has 0 heterocycles. The van der Waals surface area contributed by atoms with E-state index >= 15 is 0 Å². The smallest absolute Gasteiger partial charge is 0.306 e. The molecule has 0 aromatic heterocycles. The van der Waals surface area contributed by atoms with Gasteiger partial charge in [-0.1, -0.05) is 18.8 Å². The first-order valence-corrected chi connectivity index (χ1v) is 9.77. The van der Waals surface area contributed by atoms with E-state index < -0.39 is 5.60 Å². The highest BCUT2D eigenvalue weighted by Gasteiger charge is 2.23. The van der Waals surface area contributed by atoms with Crippen LogP contribution in [0, 0.1) is 6.92 Å². The number of anilines is 1. The zero-order valence-corrected chi connectivity index (χ0v) is 17.5. The Morgan fingerprint density at radius 1 is 1.25 bits per heavy atom. The van der Waals surface area contributed by atoms with Crippen molar-refractivity contribution in [2.75, 3.05) is 31.2 Å². The van der Waals surface area contributed by atoms with Crippen molar-refractivity contribution in [3.63, 3.8) is 0 Å². The molecule has 0 aliphatic rings. The normalized spacial score (nSPS) is 12.4. The fourth-order valence-electron chi connectivity index (χ4n) is 3.19. The second kappa shape index (κ2) is 11.9. The van der Waals surface area contributed by atoms with Gasteiger partial charge in [0.25, 0.3) is 0 Å². The third kappa shape index (κ3) is 8.44. The summed E-state index contributed by atoms with van der Waals surface area (Å²) in [4.78, 5) is 25.0. The molecule has 0 amide bonds. The summed E-state index contributed by atoms with van der Waals surface area (Å²) in [5, 5.41) is 18.6. The lowest BCUT2D eigenvalue weighted by atomic mass is 9.72. The molecule has 1 unspecified atom stereocenters. The highest BCUT2D eigenvalue weighted by molar-refractivity contribution is 6.66. The second-order valence-corrected chi connectivity index (χ2v) is 7.91. The van der Waals surface area contributed by atoms with E-state index in [2.05, 4.69) is 0 Å². The van der Waals surface area contributed by atoms with Crippen LogP contribution in [0.5, 0.6) is 0 Å². The van der Waals surface area contributed by atoms with Crippen LogP contribution in [-0.4, -0.2) is 61.6 Å². The predicted octanol–water partition coefficient (Wildman–Crippen LogP) is 2.30. The molecular weight excluding hydrogens is 357 g/mol. The third-order valence-electron chi connectivity index (χ3n) is 4.42. The van der Waals surface area contributed by atoms with Crippen LogP contribution < -0.4 is 4.90 Å². The molecule has 0 bridgehead atoms. The molecule has 28 heavy (non-hydrogen) atoms. The van der Waals surface area contributed by atoms with Crippen LogP contribution in [0.1, 0.15) is 50.7 Å². The van der Waals surface area contributed by atoms with Crippen molar-refractivity contribution in [3.05, 3.63) is 29.3 Å². The van der Waals surface area contributed by atoms with Gasteiger partial charge in [0, 0.05) is 18.8 Å². The van der Waals surface area contributed by atoms with Crippen molar-refractivity contribution in [1.29, 1.82) is 0 Å². The molecule has 0 aliphatic heterocycles. The number of nitrogens with zero attached hydrogens (tertiary/aromatic N) is 1. The van der Waals surface area contributed by atoms with E-state index in [9.17, 15) is 19.8 Å². The molecule has 0 fully saturated rings. The van der Waals surface area contributed by atoms with E-state index in [-0.39, 0.29) is 31.5 Å². The van der Waals surface area contributed by atoms with Crippen LogP contribution in [0.25, 0.3) is 0 Å². The number of aliphatic hydroxyl groups is 2. The fourth-order valence-corrected chi connectivity index (χ4v) is 3.19. The molecule has 1 aromatic rings. The Labute approximate surface area is 169 Å². The molecule has 155 valence electrons. The summed E-state index contributed by atoms with van der Waals surface area (Å²) < 4.78 is 5.50. The molecule has 0 saturated carbocycles. The van der Waals surface area contributed by atoms with E-state index in [1.54, 1.807) is 7.28 Å². The Kier molecular flexibility index (Phi) is 10.3. The van der Waals surface area contributed by atoms with Crippen molar-refractivity contribution in [3.8, 4) is 0 Å². The second-order valence-electron chi connectivity index (χ2n) is 7.91. The first-order chi connectivity index (χ1) is 13.2. The van der Waals surface area contributed by atoms with Crippen LogP contribution in [0.2, 0.25) is 6.32 Å². The monoisotopic (exact) mass is 390 g/mol. The van der Waals surface area contributed by atoms with Gasteiger partial charge in [-0.25, -0.2) is 0 Å². The number of aryl methyl sites for hydroxylation is 1. The Morgan fingerprint density at radius 2 is 1.89 bits per heavy atom. The highest BCUT2D eigenvalue weighted by atomic mass is 16.6. The van der Waals surface area contributed by atoms with Gasteiger partial charge >= 0.3 is 5.97 Å². The van der Waals surface area contributed by atoms with Crippen molar-refractivity contribution in [2.45, 2.75) is 58.4 Å². The van der Waals surface area contributed by atoms with E-state index in [0.29, 0.717) is 25.8 Å². The number of hydrogen-bond acceptors (Lipinski definition) is 6. The Bertz CT molecular complexity index is 624. The first-order valence-electron chi connectivity index (χ1n) is 9.77. The number of carbonyl (C=O) groups excluding carboxylic acids is 2. The molecule has 1 atom stereocenters. The SMILES string of the molecule is Cc1ccc(N(CCO)CCO)cc1C(CC[B]C=O)CC(=O)OC(C)(C)C. The van der Waals surface area contributed by atoms with Crippen molar-refractivity contribution in [2.24, 2.45) is 0 Å². The fraction of sp³-hybridized carbons (Fsp3) is 0.619. The topological polar surface area (TPSA) is 87.1 Å². The lowest BCUT2D eigenvalue weighted by Gasteiger charge is -2.27. The Balaban J connectivity index is 3.13. The van der Waals surface area contributed by atoms with Gasteiger partial charge in [-0.3, -0.25) is 4.79 Å². The van der Waals surface area contributed by atoms with E-state index in [1.165, 1.54) is 0 Å². The number of aliphatic hydroxyl groups excluding tert-OH is 2. The van der Waals surface area contributed by atoms with Gasteiger partial charge in [0.15, 0.2) is 7.28 Å². The van der Waals surface area contributed by atoms with Gasteiger partial charge in [0.1, 0.15) is 5.60 Å². The molecule has 7 heteroatoms. The molecule has 6 nitrogen and oxygen atoms in total. The van der Waals surface area contributed by atoms with Gasteiger partial charge in [-0.05, 0) is 56.9 Å². The summed E-state index contributed by atoms with van der Waals surface area (Å²) in [5.74, 6) is -0.355. The van der Waals surface area contributed by atoms with Gasteiger partial charge in [-0.15, -0.1) is 0 Å². The lowest BCUT2D eigenvalue weighted by Crippen LogP contribution is -2.30. The molecule has 0 saturated heterocycles. The largest absolute Gasteiger partial charge is 0.460 e. The zero-order chi connectivity index (χ0) is 21.2. The van der Waals surface area contributed by atoms with E-state index in [1.807, 2.05) is 50.8 Å². The van der Waals surface area contributed by atoms with Crippen LogP contribution >= 0.6 is 0 Å². The minimum absolute atomic E-state index is 0.0150. The third-order valence-corrected chi connectivity index (χ3v) is 4.42. The van der Waals surface area contributed by atoms with Gasteiger partial charge in [-0.2, -0.15) is 0 Å². The number of carbonyl (C=O) groups is 2. The van der Waals surface area contributed by atoms with Crippen LogP contribution in [0.4, 0.5) is 5.69 Å². The van der Waals surface area contributed by atoms with Gasteiger partial charge in [0.2, 0.25) is 0 Å². The maximum Gasteiger partial charge on any atom is 0.306 e. The van der Waals surface area contributed by atoms with Crippen LogP contribution in [0.15, 0.2) is 18.2 Å². The first kappa shape index (κ1) is 24.2. The van der Waals surface area contributed by atoms with Crippen molar-refractivity contribution in [1.82, 2.24) is 0 Å². The standard InChI is InChI=1S/C21H33BNO5/c1-16-5-6-18(23(9-11-24)10-12-25)14-19(16)17(7-8-22-15-26)13-20(27)28-21(2,3)4/h5-6,14-15,17,24-25H,7-13H2,1-4H3. The molecule has 2 N–H and O–H groups in total. The maximum absolute atomic E-state index is 12.4. The number of rotatable bonds is 12. The number of esters is 1. The Morgan fingerprint density at radius 3 is 2.43 bits per heavy atom. The average molecular weight is 390 g/mol. The molecule has 0 spiro atoms. The van der Waals surface area contributed by atoms with Gasteiger partial charge in [0.05, 0.1) is 25.8 Å². The molecule has 0 aliphatic carbocycles. The number of ether oxygens (including phenoxy) is 1. The summed E-state index contributed by atoms with van der Waals surface area (Å²) in [6.07, 6.45) is 2.24. The minimum Gasteiger partial charge on any atom is -0.460 e. The minimum atomic E-state index is -0.549. The highest BCUT2D eigenvalue weighted by Crippen LogP contribution is 2.32. The summed E-state index contributed by atoms with van der Waals surface area (Å²) in [6, 6.07) is 5.95. The number of hydrogen-bond donors (Lipinski definition) is 2. The van der Waals surface area contributed by atoms with Crippen LogP contribution in [0.3, 0.4) is 0 Å². The zero-order valence-electron chi connectivity index (χ0n) is 17.5. The summed E-state index contributed by atoms with van der Waals surface area (Å²) in [7, 11) is 1.56. The molecular formula is C21H33BNO5. The van der Waals surface area contributed by atoms with Crippen LogP contribution in [-0.2, 0) is 14.3 Å². The number of benzene rings is 1. The average Bonchev–Trinajstić information content (AvgIpc) is 2.60.